The average Bonchev–Trinajstić information content (AvgIpc) is 3.47. The summed E-state index contributed by atoms with van der Waals surface area (Å²) < 4.78 is 10.8. The van der Waals surface area contributed by atoms with Gasteiger partial charge in [-0.15, -0.1) is 0 Å². The van der Waals surface area contributed by atoms with Crippen molar-refractivity contribution in [3.8, 4) is 11.1 Å². The zero-order valence-electron chi connectivity index (χ0n) is 15.5. The summed E-state index contributed by atoms with van der Waals surface area (Å²) in [6, 6.07) is 15.0. The molecule has 146 valence electrons. The highest BCUT2D eigenvalue weighted by molar-refractivity contribution is 5.81. The third kappa shape index (κ3) is 4.02. The number of carboxylic acids is 1. The fraction of sp³-hybridized carbons (Fsp3) is 0.364. The number of hydrogen-bond acceptors (Lipinski definition) is 4. The Morgan fingerprint density at radius 3 is 2.18 bits per heavy atom. The molecule has 1 fully saturated rings. The highest BCUT2D eigenvalue weighted by Gasteiger charge is 2.30. The number of aliphatic carboxylic acids is 1. The van der Waals surface area contributed by atoms with Gasteiger partial charge in [0.25, 0.3) is 0 Å². The van der Waals surface area contributed by atoms with Crippen LogP contribution in [0.4, 0.5) is 4.79 Å². The lowest BCUT2D eigenvalue weighted by atomic mass is 9.98. The van der Waals surface area contributed by atoms with E-state index in [9.17, 15) is 14.7 Å². The van der Waals surface area contributed by atoms with Crippen molar-refractivity contribution in [2.45, 2.75) is 24.8 Å². The molecule has 28 heavy (non-hydrogen) atoms. The zero-order chi connectivity index (χ0) is 19.5. The quantitative estimate of drug-likeness (QED) is 0.732. The highest BCUT2D eigenvalue weighted by Crippen LogP contribution is 2.44. The summed E-state index contributed by atoms with van der Waals surface area (Å²) >= 11 is 0. The van der Waals surface area contributed by atoms with Crippen LogP contribution in [0.3, 0.4) is 0 Å². The maximum atomic E-state index is 12.2. The van der Waals surface area contributed by atoms with E-state index >= 15 is 0 Å². The molecule has 6 heteroatoms. The summed E-state index contributed by atoms with van der Waals surface area (Å²) in [4.78, 5) is 23.6. The monoisotopic (exact) mass is 381 g/mol. The van der Waals surface area contributed by atoms with Gasteiger partial charge in [0.2, 0.25) is 0 Å². The first-order valence-corrected chi connectivity index (χ1v) is 9.55. The number of ether oxygens (including phenoxy) is 2. The number of alkyl carbamates (subject to hydrolysis) is 1. The SMILES string of the molecule is O=C(NC(COCC1CC1)C(=O)O)OCC1c2ccccc2-c2ccccc21. The zero-order valence-corrected chi connectivity index (χ0v) is 15.5. The Morgan fingerprint density at radius 1 is 1.00 bits per heavy atom. The van der Waals surface area contributed by atoms with Crippen molar-refractivity contribution in [3.63, 3.8) is 0 Å². The van der Waals surface area contributed by atoms with Crippen LogP contribution in [0.1, 0.15) is 29.9 Å². The van der Waals surface area contributed by atoms with Gasteiger partial charge < -0.3 is 19.9 Å². The lowest BCUT2D eigenvalue weighted by Crippen LogP contribution is -2.44. The Kier molecular flexibility index (Phi) is 5.30. The van der Waals surface area contributed by atoms with Crippen LogP contribution in [-0.2, 0) is 14.3 Å². The molecular weight excluding hydrogens is 358 g/mol. The van der Waals surface area contributed by atoms with E-state index in [0.717, 1.165) is 35.1 Å². The number of benzene rings is 2. The maximum Gasteiger partial charge on any atom is 0.407 e. The minimum atomic E-state index is -1.13. The van der Waals surface area contributed by atoms with Crippen LogP contribution in [0.15, 0.2) is 48.5 Å². The molecule has 1 unspecified atom stereocenters. The summed E-state index contributed by atoms with van der Waals surface area (Å²) in [7, 11) is 0. The Hall–Kier alpha value is -2.86. The van der Waals surface area contributed by atoms with Gasteiger partial charge in [-0.25, -0.2) is 9.59 Å². The maximum absolute atomic E-state index is 12.2. The van der Waals surface area contributed by atoms with E-state index in [1.807, 2.05) is 36.4 Å². The molecule has 0 spiro atoms. The van der Waals surface area contributed by atoms with Crippen LogP contribution in [0.2, 0.25) is 0 Å². The van der Waals surface area contributed by atoms with Crippen LogP contribution >= 0.6 is 0 Å². The van der Waals surface area contributed by atoms with Gasteiger partial charge in [-0.3, -0.25) is 0 Å². The largest absolute Gasteiger partial charge is 0.480 e. The Bertz CT molecular complexity index is 831. The van der Waals surface area contributed by atoms with Crippen molar-refractivity contribution < 1.29 is 24.2 Å². The first-order chi connectivity index (χ1) is 13.6. The van der Waals surface area contributed by atoms with Crippen molar-refractivity contribution >= 4 is 12.1 Å². The van der Waals surface area contributed by atoms with E-state index in [-0.39, 0.29) is 19.1 Å². The second kappa shape index (κ2) is 8.02. The van der Waals surface area contributed by atoms with Crippen LogP contribution in [0.5, 0.6) is 0 Å². The van der Waals surface area contributed by atoms with E-state index in [2.05, 4.69) is 17.4 Å². The summed E-state index contributed by atoms with van der Waals surface area (Å²) in [5, 5.41) is 11.7. The molecule has 2 N–H and O–H groups in total. The van der Waals surface area contributed by atoms with Crippen molar-refractivity contribution in [1.82, 2.24) is 5.32 Å². The molecule has 0 saturated heterocycles. The molecule has 0 aliphatic heterocycles. The Morgan fingerprint density at radius 2 is 1.61 bits per heavy atom. The Labute approximate surface area is 163 Å². The smallest absolute Gasteiger partial charge is 0.407 e. The minimum Gasteiger partial charge on any atom is -0.480 e. The Balaban J connectivity index is 1.36. The number of carbonyl (C=O) groups is 2. The van der Waals surface area contributed by atoms with E-state index < -0.39 is 18.1 Å². The molecule has 1 saturated carbocycles. The number of rotatable bonds is 8. The molecule has 0 radical (unpaired) electrons. The second-order valence-corrected chi connectivity index (χ2v) is 7.34. The molecule has 0 heterocycles. The average molecular weight is 381 g/mol. The van der Waals surface area contributed by atoms with Gasteiger partial charge in [0.1, 0.15) is 6.61 Å². The lowest BCUT2D eigenvalue weighted by Gasteiger charge is -2.17. The molecule has 0 bridgehead atoms. The topological polar surface area (TPSA) is 84.9 Å². The van der Waals surface area contributed by atoms with Crippen molar-refractivity contribution in [3.05, 3.63) is 59.7 Å². The minimum absolute atomic E-state index is 0.0595. The van der Waals surface area contributed by atoms with Gasteiger partial charge in [-0.2, -0.15) is 0 Å². The highest BCUT2D eigenvalue weighted by atomic mass is 16.5. The fourth-order valence-corrected chi connectivity index (χ4v) is 3.59. The normalized spacial score (nSPS) is 16.1. The first kappa shape index (κ1) is 18.5. The van der Waals surface area contributed by atoms with Gasteiger partial charge in [-0.05, 0) is 41.0 Å². The first-order valence-electron chi connectivity index (χ1n) is 9.55. The van der Waals surface area contributed by atoms with E-state index in [1.54, 1.807) is 0 Å². The molecular formula is C22H23NO5. The lowest BCUT2D eigenvalue weighted by molar-refractivity contribution is -0.141. The molecule has 2 aliphatic carbocycles. The summed E-state index contributed by atoms with van der Waals surface area (Å²) in [5.74, 6) is -0.666. The molecule has 2 aromatic rings. The van der Waals surface area contributed by atoms with Crippen LogP contribution < -0.4 is 5.32 Å². The summed E-state index contributed by atoms with van der Waals surface area (Å²) in [6.07, 6.45) is 1.50. The van der Waals surface area contributed by atoms with E-state index in [1.165, 1.54) is 0 Å². The number of nitrogens with one attached hydrogen (secondary N) is 1. The molecule has 1 amide bonds. The molecule has 0 aromatic heterocycles. The number of carboxylic acid groups (broad SMARTS) is 1. The number of hydrogen-bond donors (Lipinski definition) is 2. The van der Waals surface area contributed by atoms with Crippen molar-refractivity contribution in [2.24, 2.45) is 5.92 Å². The number of fused-ring (bicyclic) bond motifs is 3. The predicted molar refractivity (Wildman–Crippen MR) is 103 cm³/mol. The molecule has 4 rings (SSSR count). The van der Waals surface area contributed by atoms with E-state index in [0.29, 0.717) is 12.5 Å². The molecule has 1 atom stereocenters. The molecule has 2 aliphatic rings. The molecule has 6 nitrogen and oxygen atoms in total. The van der Waals surface area contributed by atoms with Crippen molar-refractivity contribution in [1.29, 1.82) is 0 Å². The number of carbonyl (C=O) groups excluding carboxylic acids is 1. The van der Waals surface area contributed by atoms with Crippen LogP contribution in [0.25, 0.3) is 11.1 Å². The second-order valence-electron chi connectivity index (χ2n) is 7.34. The standard InChI is InChI=1S/C22H23NO5/c24-21(25)20(13-27-11-14-9-10-14)23-22(26)28-12-19-17-7-3-1-5-15(17)16-6-2-4-8-18(16)19/h1-8,14,19-20H,9-13H2,(H,23,26)(H,24,25). The van der Waals surface area contributed by atoms with Crippen LogP contribution in [-0.4, -0.2) is 43.0 Å². The van der Waals surface area contributed by atoms with Crippen molar-refractivity contribution in [2.75, 3.05) is 19.8 Å². The predicted octanol–water partition coefficient (Wildman–Crippen LogP) is 3.40. The van der Waals surface area contributed by atoms with Crippen LogP contribution in [0, 0.1) is 5.92 Å². The summed E-state index contributed by atoms with van der Waals surface area (Å²) in [6.45, 7) is 0.626. The third-order valence-corrected chi connectivity index (χ3v) is 5.27. The van der Waals surface area contributed by atoms with E-state index in [4.69, 9.17) is 9.47 Å². The summed E-state index contributed by atoms with van der Waals surface area (Å²) in [5.41, 5.74) is 4.51. The third-order valence-electron chi connectivity index (χ3n) is 5.27. The van der Waals surface area contributed by atoms with Gasteiger partial charge in [0.15, 0.2) is 6.04 Å². The number of amides is 1. The van der Waals surface area contributed by atoms with Gasteiger partial charge in [0.05, 0.1) is 6.61 Å². The van der Waals surface area contributed by atoms with Gasteiger partial charge in [-0.1, -0.05) is 48.5 Å². The van der Waals surface area contributed by atoms with Gasteiger partial charge >= 0.3 is 12.1 Å². The van der Waals surface area contributed by atoms with Gasteiger partial charge in [0, 0.05) is 12.5 Å². The molecule has 2 aromatic carbocycles. The fourth-order valence-electron chi connectivity index (χ4n) is 3.59.